The van der Waals surface area contributed by atoms with Crippen LogP contribution in [0, 0.1) is 13.8 Å². The van der Waals surface area contributed by atoms with Crippen LogP contribution in [0.15, 0.2) is 146 Å². The number of hydrogen-bond donors (Lipinski definition) is 8. The topological polar surface area (TPSA) is 345 Å². The van der Waals surface area contributed by atoms with Gasteiger partial charge in [0.15, 0.2) is 0 Å². The lowest BCUT2D eigenvalue weighted by Crippen LogP contribution is -2.50. The van der Waals surface area contributed by atoms with Crippen molar-refractivity contribution in [3.05, 3.63) is 181 Å². The number of carbonyl (C=O) groups is 3. The van der Waals surface area contributed by atoms with Crippen molar-refractivity contribution in [1.29, 1.82) is 0 Å². The molecule has 3 spiro atoms. The lowest BCUT2D eigenvalue weighted by atomic mass is 9.89. The number of alkyl halides is 10. The molecule has 6 aliphatic rings. The number of aliphatic hydroxyl groups is 4. The third kappa shape index (κ3) is 24.8. The number of carbonyl (C=O) groups excluding carboxylic acids is 3. The summed E-state index contributed by atoms with van der Waals surface area (Å²) in [6.07, 6.45) is -11.2. The van der Waals surface area contributed by atoms with Crippen LogP contribution in [-0.2, 0) is 62.0 Å². The minimum Gasteiger partial charge on any atom is -0.493 e. The Morgan fingerprint density at radius 1 is 0.569 bits per heavy atom. The van der Waals surface area contributed by atoms with E-state index in [1.165, 1.54) is 51.1 Å². The summed E-state index contributed by atoms with van der Waals surface area (Å²) < 4.78 is 200. The van der Waals surface area contributed by atoms with Crippen molar-refractivity contribution < 1.29 is 109 Å². The van der Waals surface area contributed by atoms with Crippen molar-refractivity contribution in [2.45, 2.75) is 113 Å². The highest BCUT2D eigenvalue weighted by Crippen LogP contribution is 2.38. The third-order valence-electron chi connectivity index (χ3n) is 17.8. The molecule has 3 fully saturated rings. The number of sulfonamides is 2. The molecular formula is C70H79BrCl2F9N9O15S3. The predicted molar refractivity (Wildman–Crippen MR) is 394 cm³/mol. The Balaban J connectivity index is 0.000000207. The molecule has 6 heterocycles. The number of benzene rings is 5. The first-order valence-corrected chi connectivity index (χ1v) is 40.3. The monoisotopic (exact) mass is 1700 g/mol. The standard InChI is InChI=1S/C27H30F3N3O6S.C16H16F3N3O3S.C14H14F3N3O.C11H15BrO3.C2H4Cl2O2S/c1-18-15-23(39-13-7-22(35)17-34)6-5-19(18)8-14-40(37,38)33-11-9-26(10-12-33)25(36)31-24(32-26)20-3-2-4-21(16-20)27(28,29)30;1-2-26(24,25)22-8-6-15(7-9-22)14(23)20-13(21-15)11-4-3-5-12(10-11)16(17,18)19;15-14(16,17)10-3-1-2-9(8-10)11-19-12(21)13(20-11)4-6-18-7-5-13;1-8-6-10(2-3-11(8)12)15-5-4-9(14)7-13;3-1-2-7(4,5)6/h2-6,8,14-16,22,34-35H,7,9-13,17H2,1H3,(H,31,32,36);2-5,10H,1,6-9H2,(H,20,21,23);1-3,8,18H,4-7H2,(H,19,20,21);2-3,6,9,13-14H,4-5,7H2,1H3;1-2H2/b14-8+;;;;. The predicted octanol–water partition coefficient (Wildman–Crippen LogP) is 9.11. The number of halogens is 12. The first kappa shape index (κ1) is 88.8. The van der Waals surface area contributed by atoms with Crippen LogP contribution in [-0.4, -0.2) is 196 Å². The van der Waals surface area contributed by atoms with E-state index in [-0.39, 0.29) is 130 Å². The van der Waals surface area contributed by atoms with Crippen molar-refractivity contribution in [2.24, 2.45) is 15.0 Å². The average Bonchev–Trinajstić information content (AvgIpc) is 1.64. The number of ether oxygens (including phenoxy) is 2. The minimum atomic E-state index is -4.54. The van der Waals surface area contributed by atoms with Crippen molar-refractivity contribution in [2.75, 3.05) is 77.3 Å². The van der Waals surface area contributed by atoms with E-state index < -0.39 is 105 Å². The SMILES string of the molecule is C=CS(=O)(=O)N1CCC2(CC1)N=C(c1cccc(C(F)(F)F)c1)NC2=O.Cc1cc(OCCC(O)CO)ccc1/C=C/S(=O)(=O)N1CCC2(CC1)N=C(c1cccc(C(F)(F)F)c1)NC2=O.Cc1cc(OCCC(O)CO)ccc1Br.O=C1NC(c2cccc(C(F)(F)F)c2)=NC12CCNCC2.O=S(=O)(Cl)CCCl. The molecule has 3 amide bonds. The maximum atomic E-state index is 13.1. The van der Waals surface area contributed by atoms with Crippen LogP contribution >= 0.6 is 38.2 Å². The largest absolute Gasteiger partial charge is 0.493 e. The van der Waals surface area contributed by atoms with Crippen LogP contribution in [0.5, 0.6) is 11.5 Å². The Morgan fingerprint density at radius 3 is 1.27 bits per heavy atom. The normalized spacial score (nSPS) is 18.4. The van der Waals surface area contributed by atoms with Crippen LogP contribution in [0.25, 0.3) is 6.08 Å². The highest BCUT2D eigenvalue weighted by molar-refractivity contribution is 9.10. The Bertz CT molecular complexity index is 4560. The highest BCUT2D eigenvalue weighted by atomic mass is 79.9. The van der Waals surface area contributed by atoms with Crippen LogP contribution in [0.1, 0.15) is 101 Å². The second-order valence-electron chi connectivity index (χ2n) is 25.5. The molecule has 3 saturated heterocycles. The molecule has 0 saturated carbocycles. The summed E-state index contributed by atoms with van der Waals surface area (Å²) in [4.78, 5) is 50.5. The molecule has 0 aromatic heterocycles. The van der Waals surface area contributed by atoms with Gasteiger partial charge in [-0.25, -0.2) is 25.3 Å². The van der Waals surface area contributed by atoms with Gasteiger partial charge in [0.2, 0.25) is 29.1 Å². The fourth-order valence-corrected chi connectivity index (χ4v) is 15.0. The smallest absolute Gasteiger partial charge is 0.416 e. The Kier molecular flexibility index (Phi) is 30.8. The van der Waals surface area contributed by atoms with Gasteiger partial charge in [0.05, 0.1) is 61.1 Å². The van der Waals surface area contributed by atoms with Gasteiger partial charge in [0.1, 0.15) is 45.6 Å². The number of aryl methyl sites for hydroxylation is 2. The third-order valence-corrected chi connectivity index (χ3v) is 23.3. The van der Waals surface area contributed by atoms with Crippen molar-refractivity contribution in [3.8, 4) is 11.5 Å². The Labute approximate surface area is 641 Å². The number of hydrogen-bond acceptors (Lipinski definition) is 19. The molecule has 0 aliphatic carbocycles. The van der Waals surface area contributed by atoms with Crippen LogP contribution in [0.3, 0.4) is 0 Å². The molecule has 5 aromatic carbocycles. The van der Waals surface area contributed by atoms with Crippen molar-refractivity contribution >= 4 is 109 Å². The summed E-state index contributed by atoms with van der Waals surface area (Å²) in [7, 11) is -6.01. The summed E-state index contributed by atoms with van der Waals surface area (Å²) in [5.41, 5.74) is -2.55. The number of amidine groups is 3. The maximum Gasteiger partial charge on any atom is 0.416 e. The molecular weight excluding hydrogens is 1620 g/mol. The van der Waals surface area contributed by atoms with E-state index in [4.69, 9.17) is 47.1 Å². The van der Waals surface area contributed by atoms with Crippen LogP contribution in [0.2, 0.25) is 0 Å². The van der Waals surface area contributed by atoms with E-state index in [1.54, 1.807) is 25.1 Å². The molecule has 11 rings (SSSR count). The zero-order valence-corrected chi connectivity index (χ0v) is 64.0. The fourth-order valence-electron chi connectivity index (χ4n) is 11.4. The summed E-state index contributed by atoms with van der Waals surface area (Å²) in [6.45, 7) is 8.65. The molecule has 109 heavy (non-hydrogen) atoms. The number of aliphatic hydroxyl groups excluding tert-OH is 4. The lowest BCUT2D eigenvalue weighted by Gasteiger charge is -2.34. The van der Waals surface area contributed by atoms with E-state index in [0.29, 0.717) is 50.3 Å². The van der Waals surface area contributed by atoms with E-state index >= 15 is 0 Å². The molecule has 8 N–H and O–H groups in total. The molecule has 2 atom stereocenters. The van der Waals surface area contributed by atoms with E-state index in [2.05, 4.69) is 58.8 Å². The number of nitrogens with one attached hydrogen (secondary N) is 4. The molecule has 39 heteroatoms. The number of rotatable bonds is 20. The molecule has 596 valence electrons. The van der Waals surface area contributed by atoms with Gasteiger partial charge < -0.3 is 51.2 Å². The molecule has 0 radical (unpaired) electrons. The zero-order valence-electron chi connectivity index (χ0n) is 58.4. The first-order chi connectivity index (χ1) is 51.0. The van der Waals surface area contributed by atoms with Crippen molar-refractivity contribution in [3.63, 3.8) is 0 Å². The Hall–Kier alpha value is -7.40. The summed E-state index contributed by atoms with van der Waals surface area (Å²) in [6, 6.07) is 24.8. The molecule has 6 aliphatic heterocycles. The lowest BCUT2D eigenvalue weighted by molar-refractivity contribution is -0.138. The number of aliphatic imine (C=N–C) groups is 3. The summed E-state index contributed by atoms with van der Waals surface area (Å²) >= 11 is 8.43. The van der Waals surface area contributed by atoms with Gasteiger partial charge >= 0.3 is 18.5 Å². The number of nitrogens with zero attached hydrogens (tertiary/aromatic N) is 5. The molecule has 0 bridgehead atoms. The first-order valence-electron chi connectivity index (χ1n) is 33.5. The summed E-state index contributed by atoms with van der Waals surface area (Å²) in [5.74, 6) is 0.453. The number of amides is 3. The summed E-state index contributed by atoms with van der Waals surface area (Å²) in [5, 5.41) is 48.8. The van der Waals surface area contributed by atoms with Gasteiger partial charge in [-0.05, 0) is 155 Å². The van der Waals surface area contributed by atoms with Crippen molar-refractivity contribution in [1.82, 2.24) is 29.9 Å². The quantitative estimate of drug-likeness (QED) is 0.0204. The molecule has 2 unspecified atom stereocenters. The van der Waals surface area contributed by atoms with Gasteiger partial charge in [-0.3, -0.25) is 29.4 Å². The van der Waals surface area contributed by atoms with Gasteiger partial charge in [0.25, 0.3) is 17.7 Å². The molecule has 5 aromatic rings. The van der Waals surface area contributed by atoms with E-state index in [1.807, 2.05) is 25.1 Å². The zero-order chi connectivity index (χ0) is 80.6. The van der Waals surface area contributed by atoms with E-state index in [9.17, 15) is 84.3 Å². The van der Waals surface area contributed by atoms with Gasteiger partial charge in [-0.2, -0.15) is 48.1 Å². The van der Waals surface area contributed by atoms with Gasteiger partial charge in [-0.1, -0.05) is 65.0 Å². The second-order valence-corrected chi connectivity index (χ2v) is 33.3. The minimum absolute atomic E-state index is 0.0188. The Morgan fingerprint density at radius 2 is 0.936 bits per heavy atom. The number of piperidine rings is 3. The fraction of sp³-hybridized carbons (Fsp3) is 0.429. The molecule has 24 nitrogen and oxygen atoms in total. The average molecular weight is 1700 g/mol. The highest BCUT2D eigenvalue weighted by Gasteiger charge is 2.50. The maximum absolute atomic E-state index is 13.1. The van der Waals surface area contributed by atoms with E-state index in [0.717, 1.165) is 68.6 Å². The van der Waals surface area contributed by atoms with Crippen LogP contribution < -0.4 is 30.7 Å². The van der Waals surface area contributed by atoms with Gasteiger partial charge in [-0.15, -0.1) is 11.6 Å². The second kappa shape index (κ2) is 37.7. The van der Waals surface area contributed by atoms with Gasteiger partial charge in [0, 0.05) is 87.6 Å². The van der Waals surface area contributed by atoms with Crippen LogP contribution in [0.4, 0.5) is 39.5 Å².